The van der Waals surface area contributed by atoms with Crippen LogP contribution in [0, 0.1) is 12.8 Å². The number of hydrogen-bond acceptors (Lipinski definition) is 4. The van der Waals surface area contributed by atoms with Gasteiger partial charge in [0.25, 0.3) is 0 Å². The van der Waals surface area contributed by atoms with Gasteiger partial charge in [-0.25, -0.2) is 4.98 Å². The second kappa shape index (κ2) is 6.93. The summed E-state index contributed by atoms with van der Waals surface area (Å²) in [7, 11) is 0. The molecule has 4 nitrogen and oxygen atoms in total. The first-order valence-corrected chi connectivity index (χ1v) is 8.66. The Morgan fingerprint density at radius 2 is 1.88 bits per heavy atom. The first-order chi connectivity index (χ1) is 11.5. The Labute approximate surface area is 145 Å². The number of carbonyl (C=O) groups excluding carboxylic acids is 1. The number of hydrogen-bond donors (Lipinski definition) is 1. The molecular formula is C19H19N3OS. The monoisotopic (exact) mass is 337 g/mol. The lowest BCUT2D eigenvalue weighted by Crippen LogP contribution is -2.17. The van der Waals surface area contributed by atoms with Crippen molar-refractivity contribution in [2.24, 2.45) is 5.92 Å². The number of thiazole rings is 1. The Morgan fingerprint density at radius 1 is 1.12 bits per heavy atom. The predicted octanol–water partition coefficient (Wildman–Crippen LogP) is 4.78. The van der Waals surface area contributed by atoms with Crippen molar-refractivity contribution in [3.63, 3.8) is 0 Å². The lowest BCUT2D eigenvalue weighted by Gasteiger charge is -2.08. The van der Waals surface area contributed by atoms with Gasteiger partial charge in [0.2, 0.25) is 5.91 Å². The quantitative estimate of drug-likeness (QED) is 0.746. The van der Waals surface area contributed by atoms with E-state index in [1.807, 2.05) is 56.3 Å². The molecule has 0 aliphatic rings. The maximum Gasteiger partial charge on any atom is 0.226 e. The number of nitrogens with one attached hydrogen (secondary N) is 1. The minimum absolute atomic E-state index is 0.0185. The van der Waals surface area contributed by atoms with Gasteiger partial charge in [0.1, 0.15) is 5.01 Å². The van der Waals surface area contributed by atoms with Crippen LogP contribution in [-0.4, -0.2) is 15.9 Å². The largest absolute Gasteiger partial charge is 0.326 e. The number of pyridine rings is 1. The summed E-state index contributed by atoms with van der Waals surface area (Å²) in [4.78, 5) is 22.0. The molecule has 1 amide bonds. The number of anilines is 1. The maximum atomic E-state index is 11.8. The van der Waals surface area contributed by atoms with Gasteiger partial charge in [0.05, 0.1) is 11.4 Å². The molecule has 0 spiro atoms. The van der Waals surface area contributed by atoms with E-state index in [9.17, 15) is 4.79 Å². The molecule has 24 heavy (non-hydrogen) atoms. The molecule has 3 rings (SSSR count). The number of carbonyl (C=O) groups is 1. The van der Waals surface area contributed by atoms with E-state index >= 15 is 0 Å². The summed E-state index contributed by atoms with van der Waals surface area (Å²) < 4.78 is 0. The zero-order valence-corrected chi connectivity index (χ0v) is 14.7. The number of rotatable bonds is 4. The Bertz CT molecular complexity index is 839. The molecule has 0 bridgehead atoms. The molecule has 122 valence electrons. The highest BCUT2D eigenvalue weighted by Gasteiger charge is 2.12. The summed E-state index contributed by atoms with van der Waals surface area (Å²) in [5.74, 6) is -0.0172. The van der Waals surface area contributed by atoms with Gasteiger partial charge >= 0.3 is 0 Å². The van der Waals surface area contributed by atoms with E-state index in [1.165, 1.54) is 0 Å². The highest BCUT2D eigenvalue weighted by atomic mass is 32.1. The fourth-order valence-corrected chi connectivity index (χ4v) is 3.17. The Kier molecular flexibility index (Phi) is 4.71. The summed E-state index contributed by atoms with van der Waals surface area (Å²) in [5, 5.41) is 3.82. The van der Waals surface area contributed by atoms with E-state index in [1.54, 1.807) is 17.5 Å². The summed E-state index contributed by atoms with van der Waals surface area (Å²) >= 11 is 1.64. The molecule has 0 radical (unpaired) electrons. The topological polar surface area (TPSA) is 54.9 Å². The van der Waals surface area contributed by atoms with Gasteiger partial charge in [-0.3, -0.25) is 9.78 Å². The van der Waals surface area contributed by atoms with Crippen LogP contribution < -0.4 is 5.32 Å². The second-order valence-corrected chi connectivity index (χ2v) is 7.06. The Balaban J connectivity index is 1.85. The van der Waals surface area contributed by atoms with Crippen LogP contribution in [0.5, 0.6) is 0 Å². The molecule has 2 heterocycles. The SMILES string of the molecule is Cc1sc(-c2ccccn2)nc1-c1ccc(NC(=O)C(C)C)cc1. The summed E-state index contributed by atoms with van der Waals surface area (Å²) in [5.41, 5.74) is 3.68. The molecule has 5 heteroatoms. The van der Waals surface area contributed by atoms with Crippen LogP contribution in [0.2, 0.25) is 0 Å². The number of amides is 1. The van der Waals surface area contributed by atoms with Gasteiger partial charge in [-0.05, 0) is 31.2 Å². The van der Waals surface area contributed by atoms with E-state index < -0.39 is 0 Å². The van der Waals surface area contributed by atoms with Crippen molar-refractivity contribution in [1.29, 1.82) is 0 Å². The first-order valence-electron chi connectivity index (χ1n) is 7.84. The highest BCUT2D eigenvalue weighted by Crippen LogP contribution is 2.32. The molecule has 0 fully saturated rings. The summed E-state index contributed by atoms with van der Waals surface area (Å²) in [6, 6.07) is 13.6. The highest BCUT2D eigenvalue weighted by molar-refractivity contribution is 7.15. The van der Waals surface area contributed by atoms with Gasteiger partial charge in [-0.2, -0.15) is 0 Å². The molecular weight excluding hydrogens is 318 g/mol. The molecule has 1 aromatic carbocycles. The van der Waals surface area contributed by atoms with E-state index in [4.69, 9.17) is 4.98 Å². The average molecular weight is 337 g/mol. The molecule has 3 aromatic rings. The van der Waals surface area contributed by atoms with Crippen LogP contribution in [0.1, 0.15) is 18.7 Å². The predicted molar refractivity (Wildman–Crippen MR) is 99.0 cm³/mol. The molecule has 0 aliphatic carbocycles. The molecule has 0 aliphatic heterocycles. The Hall–Kier alpha value is -2.53. The van der Waals surface area contributed by atoms with Crippen molar-refractivity contribution in [1.82, 2.24) is 9.97 Å². The van der Waals surface area contributed by atoms with Gasteiger partial charge in [-0.1, -0.05) is 32.0 Å². The van der Waals surface area contributed by atoms with E-state index in [0.717, 1.165) is 32.5 Å². The van der Waals surface area contributed by atoms with Crippen molar-refractivity contribution >= 4 is 22.9 Å². The zero-order chi connectivity index (χ0) is 17.1. The van der Waals surface area contributed by atoms with Crippen LogP contribution >= 0.6 is 11.3 Å². The van der Waals surface area contributed by atoms with E-state index in [-0.39, 0.29) is 11.8 Å². The van der Waals surface area contributed by atoms with Gasteiger partial charge < -0.3 is 5.32 Å². The van der Waals surface area contributed by atoms with E-state index in [2.05, 4.69) is 17.2 Å². The zero-order valence-electron chi connectivity index (χ0n) is 13.9. The fraction of sp³-hybridized carbons (Fsp3) is 0.211. The van der Waals surface area contributed by atoms with Crippen molar-refractivity contribution < 1.29 is 4.79 Å². The molecule has 1 N–H and O–H groups in total. The third kappa shape index (κ3) is 3.51. The standard InChI is InChI=1S/C19H19N3OS/c1-12(2)18(23)21-15-9-7-14(8-10-15)17-13(3)24-19(22-17)16-6-4-5-11-20-16/h4-12H,1-3H3,(H,21,23). The van der Waals surface area contributed by atoms with Crippen LogP contribution in [0.25, 0.3) is 22.0 Å². The average Bonchev–Trinajstić information content (AvgIpc) is 2.98. The smallest absolute Gasteiger partial charge is 0.226 e. The van der Waals surface area contributed by atoms with Gasteiger partial charge in [-0.15, -0.1) is 11.3 Å². The lowest BCUT2D eigenvalue weighted by atomic mass is 10.1. The van der Waals surface area contributed by atoms with Crippen LogP contribution in [0.15, 0.2) is 48.7 Å². The van der Waals surface area contributed by atoms with E-state index in [0.29, 0.717) is 0 Å². The van der Waals surface area contributed by atoms with Crippen LogP contribution in [0.3, 0.4) is 0 Å². The van der Waals surface area contributed by atoms with Crippen molar-refractivity contribution in [2.75, 3.05) is 5.32 Å². The maximum absolute atomic E-state index is 11.8. The van der Waals surface area contributed by atoms with Crippen LogP contribution in [-0.2, 0) is 4.79 Å². The summed E-state index contributed by atoms with van der Waals surface area (Å²) in [6.07, 6.45) is 1.78. The third-order valence-corrected chi connectivity index (χ3v) is 4.62. The number of aryl methyl sites for hydroxylation is 1. The molecule has 0 atom stereocenters. The molecule has 0 saturated carbocycles. The van der Waals surface area contributed by atoms with Gasteiger partial charge in [0, 0.05) is 28.2 Å². The van der Waals surface area contributed by atoms with Crippen molar-refractivity contribution in [3.05, 3.63) is 53.5 Å². The van der Waals surface area contributed by atoms with Gasteiger partial charge in [0.15, 0.2) is 0 Å². The molecule has 0 saturated heterocycles. The normalized spacial score (nSPS) is 10.8. The van der Waals surface area contributed by atoms with Crippen molar-refractivity contribution in [3.8, 4) is 22.0 Å². The first kappa shape index (κ1) is 16.3. The lowest BCUT2D eigenvalue weighted by molar-refractivity contribution is -0.118. The molecule has 0 unspecified atom stereocenters. The number of nitrogens with zero attached hydrogens (tertiary/aromatic N) is 2. The third-order valence-electron chi connectivity index (χ3n) is 3.63. The fourth-order valence-electron chi connectivity index (χ4n) is 2.26. The van der Waals surface area contributed by atoms with Crippen molar-refractivity contribution in [2.45, 2.75) is 20.8 Å². The second-order valence-electron chi connectivity index (χ2n) is 5.86. The number of aromatic nitrogens is 2. The molecule has 2 aromatic heterocycles. The minimum Gasteiger partial charge on any atom is -0.326 e. The van der Waals surface area contributed by atoms with Crippen LogP contribution in [0.4, 0.5) is 5.69 Å². The Morgan fingerprint density at radius 3 is 2.50 bits per heavy atom. The number of benzene rings is 1. The summed E-state index contributed by atoms with van der Waals surface area (Å²) in [6.45, 7) is 5.82. The minimum atomic E-state index is -0.0357.